The summed E-state index contributed by atoms with van der Waals surface area (Å²) in [5.74, 6) is 7.91. The Morgan fingerprint density at radius 3 is 2.78 bits per heavy atom. The molecule has 0 saturated carbocycles. The topological polar surface area (TPSA) is 75.3 Å². The van der Waals surface area contributed by atoms with E-state index in [9.17, 15) is 8.42 Å². The van der Waals surface area contributed by atoms with Crippen LogP contribution in [0, 0.1) is 30.6 Å². The third-order valence-corrected chi connectivity index (χ3v) is 10.2. The molecule has 0 N–H and O–H groups in total. The molecule has 3 aromatic rings. The van der Waals surface area contributed by atoms with Gasteiger partial charge in [0.1, 0.15) is 11.9 Å². The fraction of sp³-hybridized carbons (Fsp3) is 0.424. The number of pyridine rings is 1. The van der Waals surface area contributed by atoms with Crippen LogP contribution in [0.5, 0.6) is 5.75 Å². The Morgan fingerprint density at radius 2 is 2.05 bits per heavy atom. The molecule has 0 amide bonds. The molecule has 214 valence electrons. The number of aromatic nitrogens is 1. The summed E-state index contributed by atoms with van der Waals surface area (Å²) in [4.78, 5) is 6.92. The van der Waals surface area contributed by atoms with Gasteiger partial charge in [0.2, 0.25) is 10.0 Å². The van der Waals surface area contributed by atoms with Crippen LogP contribution in [0.15, 0.2) is 49.2 Å². The molecule has 3 aliphatic rings. The van der Waals surface area contributed by atoms with Crippen molar-refractivity contribution in [3.8, 4) is 17.6 Å². The van der Waals surface area contributed by atoms with Gasteiger partial charge in [-0.15, -0.1) is 12.5 Å². The van der Waals surface area contributed by atoms with E-state index in [-0.39, 0.29) is 12.2 Å². The van der Waals surface area contributed by atoms with Gasteiger partial charge in [-0.3, -0.25) is 9.29 Å². The van der Waals surface area contributed by atoms with Gasteiger partial charge in [0.25, 0.3) is 0 Å². The number of epoxide rings is 1. The van der Waals surface area contributed by atoms with Crippen molar-refractivity contribution in [1.29, 1.82) is 0 Å². The molecule has 8 heteroatoms. The third kappa shape index (κ3) is 5.06. The number of benzene rings is 2. The van der Waals surface area contributed by atoms with Gasteiger partial charge >= 0.3 is 0 Å². The maximum absolute atomic E-state index is 12.6. The van der Waals surface area contributed by atoms with E-state index in [2.05, 4.69) is 53.4 Å². The average molecular weight is 572 g/mol. The van der Waals surface area contributed by atoms with Crippen molar-refractivity contribution < 1.29 is 17.9 Å². The maximum Gasteiger partial charge on any atom is 0.232 e. The Hall–Kier alpha value is -3.54. The van der Waals surface area contributed by atoms with Gasteiger partial charge in [-0.25, -0.2) is 8.42 Å². The summed E-state index contributed by atoms with van der Waals surface area (Å²) in [6.07, 6.45) is 8.12. The van der Waals surface area contributed by atoms with Crippen molar-refractivity contribution in [3.63, 3.8) is 0 Å². The summed E-state index contributed by atoms with van der Waals surface area (Å²) >= 11 is 0. The summed E-state index contributed by atoms with van der Waals surface area (Å²) in [5, 5.41) is 1.08. The van der Waals surface area contributed by atoms with Crippen molar-refractivity contribution in [3.05, 3.63) is 71.4 Å². The lowest BCUT2D eigenvalue weighted by molar-refractivity contribution is 0.269. The first kappa shape index (κ1) is 27.6. The van der Waals surface area contributed by atoms with Crippen LogP contribution in [0.3, 0.4) is 0 Å². The molecule has 1 aromatic heterocycles. The van der Waals surface area contributed by atoms with Gasteiger partial charge in [-0.2, -0.15) is 0 Å². The predicted octanol–water partition coefficient (Wildman–Crippen LogP) is 5.40. The normalized spacial score (nSPS) is 23.6. The molecule has 2 fully saturated rings. The molecule has 4 heterocycles. The molecule has 0 spiro atoms. The minimum Gasteiger partial charge on any atom is -0.497 e. The van der Waals surface area contributed by atoms with Gasteiger partial charge < -0.3 is 14.4 Å². The van der Waals surface area contributed by atoms with Crippen molar-refractivity contribution in [2.24, 2.45) is 11.8 Å². The second-order valence-corrected chi connectivity index (χ2v) is 13.3. The standard InChI is InChI=1S/C33H37N3O4S/c1-6-8-25-21(3)30(19-31-26(25)13-16-36(31)41(5,37)38)35-15-12-23(22(7-2)20-35)17-32-33(40-32)27-11-14-34-29-10-9-24(39-4)18-28(27)29/h7,9-11,14,18-19,22-23,32-33H,2,12-13,15-17,20H2,1,3-5H3/t22-,23-,32-,33-/m0/s1. The molecule has 2 aromatic carbocycles. The number of fused-ring (bicyclic) bond motifs is 2. The first-order valence-electron chi connectivity index (χ1n) is 14.3. The second-order valence-electron chi connectivity index (χ2n) is 11.4. The SMILES string of the molecule is C=C[C@H]1CN(c2cc3c(c(C#CC)c2C)CCN3S(C)(=O)=O)CC[C@H]1C[C@@H]1O[C@H]1c1ccnc2ccc(OC)cc12. The van der Waals surface area contributed by atoms with E-state index in [0.717, 1.165) is 70.6 Å². The van der Waals surface area contributed by atoms with Crippen LogP contribution in [-0.2, 0) is 21.2 Å². The number of piperidine rings is 1. The van der Waals surface area contributed by atoms with E-state index in [1.807, 2.05) is 31.3 Å². The zero-order valence-corrected chi connectivity index (χ0v) is 25.0. The summed E-state index contributed by atoms with van der Waals surface area (Å²) in [5.41, 5.74) is 7.10. The van der Waals surface area contributed by atoms with E-state index in [4.69, 9.17) is 9.47 Å². The van der Waals surface area contributed by atoms with Crippen LogP contribution in [-0.4, -0.2) is 52.5 Å². The van der Waals surface area contributed by atoms with Crippen LogP contribution in [0.4, 0.5) is 11.4 Å². The molecular formula is C33H37N3O4S. The third-order valence-electron chi connectivity index (χ3n) is 8.98. The number of methoxy groups -OCH3 is 1. The average Bonchev–Trinajstić information content (AvgIpc) is 3.58. The van der Waals surface area contributed by atoms with E-state index in [1.54, 1.807) is 7.11 Å². The van der Waals surface area contributed by atoms with Crippen LogP contribution in [0.2, 0.25) is 0 Å². The van der Waals surface area contributed by atoms with Crippen LogP contribution >= 0.6 is 0 Å². The van der Waals surface area contributed by atoms with E-state index in [0.29, 0.717) is 24.8 Å². The van der Waals surface area contributed by atoms with Gasteiger partial charge in [0.05, 0.1) is 30.7 Å². The van der Waals surface area contributed by atoms with Crippen molar-refractivity contribution in [1.82, 2.24) is 4.98 Å². The van der Waals surface area contributed by atoms with Crippen molar-refractivity contribution in [2.45, 2.75) is 45.3 Å². The molecule has 0 bridgehead atoms. The first-order chi connectivity index (χ1) is 19.7. The molecule has 41 heavy (non-hydrogen) atoms. The molecule has 0 unspecified atom stereocenters. The summed E-state index contributed by atoms with van der Waals surface area (Å²) < 4.78 is 38.4. The summed E-state index contributed by atoms with van der Waals surface area (Å²) in [6.45, 7) is 10.3. The largest absolute Gasteiger partial charge is 0.497 e. The molecule has 6 rings (SSSR count). The Labute approximate surface area is 243 Å². The number of hydrogen-bond donors (Lipinski definition) is 0. The second kappa shape index (κ2) is 10.7. The van der Waals surface area contributed by atoms with Crippen LogP contribution in [0.25, 0.3) is 10.9 Å². The van der Waals surface area contributed by atoms with Crippen molar-refractivity contribution in [2.75, 3.05) is 42.2 Å². The molecule has 0 radical (unpaired) electrons. The van der Waals surface area contributed by atoms with Crippen LogP contribution in [0.1, 0.15) is 48.1 Å². The zero-order valence-electron chi connectivity index (χ0n) is 24.2. The fourth-order valence-corrected chi connectivity index (χ4v) is 7.75. The molecule has 0 aliphatic carbocycles. The minimum atomic E-state index is -3.36. The fourth-order valence-electron chi connectivity index (χ4n) is 6.81. The highest BCUT2D eigenvalue weighted by Gasteiger charge is 2.44. The molecule has 7 nitrogen and oxygen atoms in total. The highest BCUT2D eigenvalue weighted by Crippen LogP contribution is 2.48. The van der Waals surface area contributed by atoms with E-state index < -0.39 is 10.0 Å². The maximum atomic E-state index is 12.6. The van der Waals surface area contributed by atoms with Gasteiger partial charge in [-0.1, -0.05) is 12.0 Å². The predicted molar refractivity (Wildman–Crippen MR) is 164 cm³/mol. The smallest absolute Gasteiger partial charge is 0.232 e. The Kier molecular flexibility index (Phi) is 7.21. The number of sulfonamides is 1. The van der Waals surface area contributed by atoms with Crippen LogP contribution < -0.4 is 13.9 Å². The van der Waals surface area contributed by atoms with Gasteiger partial charge in [-0.05, 0) is 92.0 Å². The highest BCUT2D eigenvalue weighted by atomic mass is 32.2. The lowest BCUT2D eigenvalue weighted by atomic mass is 9.81. The molecule has 4 atom stereocenters. The monoisotopic (exact) mass is 571 g/mol. The highest BCUT2D eigenvalue weighted by molar-refractivity contribution is 7.92. The lowest BCUT2D eigenvalue weighted by Crippen LogP contribution is -2.40. The van der Waals surface area contributed by atoms with Gasteiger partial charge in [0.15, 0.2) is 0 Å². The van der Waals surface area contributed by atoms with Crippen molar-refractivity contribution >= 4 is 32.3 Å². The van der Waals surface area contributed by atoms with Gasteiger partial charge in [0, 0.05) is 42.5 Å². The molecule has 3 aliphatic heterocycles. The molecular weight excluding hydrogens is 534 g/mol. The first-order valence-corrected chi connectivity index (χ1v) is 16.1. The number of rotatable bonds is 7. The lowest BCUT2D eigenvalue weighted by Gasteiger charge is -2.39. The quantitative estimate of drug-likeness (QED) is 0.215. The molecule has 2 saturated heterocycles. The summed E-state index contributed by atoms with van der Waals surface area (Å²) in [7, 11) is -1.68. The number of hydrogen-bond acceptors (Lipinski definition) is 6. The zero-order chi connectivity index (χ0) is 28.9. The number of nitrogens with zero attached hydrogens (tertiary/aromatic N) is 3. The Bertz CT molecular complexity index is 1690. The number of ether oxygens (including phenoxy) is 2. The number of anilines is 2. The minimum absolute atomic E-state index is 0.0622. The van der Waals surface area contributed by atoms with E-state index >= 15 is 0 Å². The Morgan fingerprint density at radius 1 is 1.22 bits per heavy atom. The Balaban J connectivity index is 1.21. The summed E-state index contributed by atoms with van der Waals surface area (Å²) in [6, 6.07) is 10.1. The van der Waals surface area contributed by atoms with E-state index in [1.165, 1.54) is 16.1 Å².